The number of carbonyl (C=O) groups is 1. The molecule has 0 spiro atoms. The van der Waals surface area contributed by atoms with Crippen molar-refractivity contribution in [1.82, 2.24) is 9.72 Å². The van der Waals surface area contributed by atoms with Gasteiger partial charge in [0.25, 0.3) is 5.91 Å². The molecule has 7 heteroatoms. The van der Waals surface area contributed by atoms with Gasteiger partial charge in [0.05, 0.1) is 28.3 Å². The van der Waals surface area contributed by atoms with Crippen LogP contribution in [0.2, 0.25) is 5.02 Å². The van der Waals surface area contributed by atoms with Gasteiger partial charge in [0.15, 0.2) is 0 Å². The van der Waals surface area contributed by atoms with Crippen LogP contribution in [0.15, 0.2) is 24.4 Å². The number of alkyl halides is 1. The summed E-state index contributed by atoms with van der Waals surface area (Å²) in [5.74, 6) is -0.0601. The Labute approximate surface area is 168 Å². The summed E-state index contributed by atoms with van der Waals surface area (Å²) in [6.07, 6.45) is 4.08. The van der Waals surface area contributed by atoms with Crippen LogP contribution in [0, 0.1) is 0 Å². The van der Waals surface area contributed by atoms with Crippen LogP contribution in [0.25, 0.3) is 5.52 Å². The van der Waals surface area contributed by atoms with Crippen molar-refractivity contribution in [2.45, 2.75) is 56.2 Å². The lowest BCUT2D eigenvalue weighted by Crippen LogP contribution is -2.47. The number of hydrogen-bond acceptors (Lipinski definition) is 3. The highest BCUT2D eigenvalue weighted by Crippen LogP contribution is 2.37. The van der Waals surface area contributed by atoms with Crippen LogP contribution in [0.5, 0.6) is 0 Å². The van der Waals surface area contributed by atoms with Crippen molar-refractivity contribution in [3.63, 3.8) is 0 Å². The normalized spacial score (nSPS) is 30.6. The van der Waals surface area contributed by atoms with Crippen molar-refractivity contribution in [3.05, 3.63) is 40.7 Å². The second kappa shape index (κ2) is 7.32. The number of hydrogen-bond donors (Lipinski definition) is 2. The van der Waals surface area contributed by atoms with Crippen molar-refractivity contribution in [3.8, 4) is 0 Å². The summed E-state index contributed by atoms with van der Waals surface area (Å²) in [6, 6.07) is 5.49. The molecular weight excluding hydrogens is 383 g/mol. The molecule has 3 heterocycles. The number of nitrogens with zero attached hydrogens (tertiary/aromatic N) is 1. The molecule has 2 fully saturated rings. The first-order chi connectivity index (χ1) is 13.3. The van der Waals surface area contributed by atoms with E-state index in [-0.39, 0.29) is 18.4 Å². The monoisotopic (exact) mass is 408 g/mol. The Bertz CT molecular complexity index is 879. The first kappa shape index (κ1) is 19.7. The highest BCUT2D eigenvalue weighted by molar-refractivity contribution is 6.34. The fraction of sp³-hybridized carbons (Fsp3) is 0.571. The van der Waals surface area contributed by atoms with Crippen LogP contribution in [-0.4, -0.2) is 46.4 Å². The molecule has 1 unspecified atom stereocenters. The molecule has 2 aliphatic rings. The number of aromatic nitrogens is 1. The number of amides is 1. The SMILES string of the molecule is CC1(F)CCC(O)(CNC(=O)c2cc(C3CCOC3)n3cccc(Cl)c23)CC1. The molecule has 2 aromatic heterocycles. The molecule has 2 N–H and O–H groups in total. The van der Waals surface area contributed by atoms with Crippen molar-refractivity contribution < 1.29 is 19.0 Å². The second-order valence-corrected chi connectivity index (χ2v) is 8.85. The number of halogens is 2. The van der Waals surface area contributed by atoms with Gasteiger partial charge in [-0.15, -0.1) is 0 Å². The third-order valence-corrected chi connectivity index (χ3v) is 6.47. The topological polar surface area (TPSA) is 63.0 Å². The summed E-state index contributed by atoms with van der Waals surface area (Å²) in [5.41, 5.74) is -0.147. The second-order valence-electron chi connectivity index (χ2n) is 8.44. The largest absolute Gasteiger partial charge is 0.388 e. The molecule has 1 atom stereocenters. The average molecular weight is 409 g/mol. The number of nitrogens with one attached hydrogen (secondary N) is 1. The Morgan fingerprint density at radius 3 is 2.86 bits per heavy atom. The molecule has 1 saturated carbocycles. The van der Waals surface area contributed by atoms with Gasteiger partial charge in [0.2, 0.25) is 0 Å². The van der Waals surface area contributed by atoms with E-state index >= 15 is 0 Å². The molecule has 2 aromatic rings. The van der Waals surface area contributed by atoms with Gasteiger partial charge in [-0.05, 0) is 57.2 Å². The van der Waals surface area contributed by atoms with Crippen LogP contribution >= 0.6 is 11.6 Å². The number of carbonyl (C=O) groups excluding carboxylic acids is 1. The van der Waals surface area contributed by atoms with E-state index in [9.17, 15) is 14.3 Å². The van der Waals surface area contributed by atoms with Crippen LogP contribution in [0.3, 0.4) is 0 Å². The van der Waals surface area contributed by atoms with E-state index in [0.29, 0.717) is 55.0 Å². The summed E-state index contributed by atoms with van der Waals surface area (Å²) in [4.78, 5) is 13.0. The van der Waals surface area contributed by atoms with Gasteiger partial charge in [0.1, 0.15) is 5.67 Å². The lowest BCUT2D eigenvalue weighted by atomic mass is 9.78. The third kappa shape index (κ3) is 3.78. The minimum absolute atomic E-state index is 0.103. The van der Waals surface area contributed by atoms with E-state index in [1.54, 1.807) is 13.0 Å². The Morgan fingerprint density at radius 1 is 1.43 bits per heavy atom. The number of pyridine rings is 1. The molecule has 28 heavy (non-hydrogen) atoms. The van der Waals surface area contributed by atoms with Crippen LogP contribution in [-0.2, 0) is 4.74 Å². The first-order valence-corrected chi connectivity index (χ1v) is 10.2. The molecular formula is C21H26ClFN2O3. The van der Waals surface area contributed by atoms with Gasteiger partial charge in [0, 0.05) is 31.0 Å². The van der Waals surface area contributed by atoms with Gasteiger partial charge in [-0.1, -0.05) is 11.6 Å². The quantitative estimate of drug-likeness (QED) is 0.807. The standard InChI is InChI=1S/C21H26ClFN2O3/c1-20(23)5-7-21(27,8-6-20)13-24-19(26)15-11-17(14-4-10-28-12-14)25-9-2-3-16(22)18(15)25/h2-3,9,11,14,27H,4-8,10,12-13H2,1H3,(H,24,26). The maximum Gasteiger partial charge on any atom is 0.253 e. The maximum absolute atomic E-state index is 14.0. The van der Waals surface area contributed by atoms with E-state index in [1.165, 1.54) is 0 Å². The number of fused-ring (bicyclic) bond motifs is 1. The zero-order valence-corrected chi connectivity index (χ0v) is 16.8. The molecule has 1 amide bonds. The molecule has 4 rings (SSSR count). The Kier molecular flexibility index (Phi) is 5.14. The average Bonchev–Trinajstić information content (AvgIpc) is 3.31. The van der Waals surface area contributed by atoms with Gasteiger partial charge in [-0.3, -0.25) is 4.79 Å². The summed E-state index contributed by atoms with van der Waals surface area (Å²) in [7, 11) is 0. The summed E-state index contributed by atoms with van der Waals surface area (Å²) in [5, 5.41) is 14.1. The van der Waals surface area contributed by atoms with Gasteiger partial charge in [-0.25, -0.2) is 4.39 Å². The molecule has 152 valence electrons. The number of aliphatic hydroxyl groups is 1. The Morgan fingerprint density at radius 2 is 2.18 bits per heavy atom. The van der Waals surface area contributed by atoms with Crippen molar-refractivity contribution in [1.29, 1.82) is 0 Å². The predicted molar refractivity (Wildman–Crippen MR) is 106 cm³/mol. The Hall–Kier alpha value is -1.63. The van der Waals surface area contributed by atoms with Gasteiger partial charge < -0.3 is 19.6 Å². The summed E-state index contributed by atoms with van der Waals surface area (Å²) in [6.45, 7) is 3.00. The van der Waals surface area contributed by atoms with Crippen molar-refractivity contribution in [2.24, 2.45) is 0 Å². The third-order valence-electron chi connectivity index (χ3n) is 6.16. The fourth-order valence-electron chi connectivity index (χ4n) is 4.25. The maximum atomic E-state index is 14.0. The minimum atomic E-state index is -1.24. The molecule has 1 aliphatic carbocycles. The molecule has 0 radical (unpaired) electrons. The highest BCUT2D eigenvalue weighted by atomic mass is 35.5. The van der Waals surface area contributed by atoms with E-state index in [4.69, 9.17) is 16.3 Å². The molecule has 5 nitrogen and oxygen atoms in total. The molecule has 0 bridgehead atoms. The summed E-state index contributed by atoms with van der Waals surface area (Å²) >= 11 is 6.41. The van der Waals surface area contributed by atoms with Gasteiger partial charge in [-0.2, -0.15) is 0 Å². The van der Waals surface area contributed by atoms with Crippen LogP contribution in [0.1, 0.15) is 61.0 Å². The fourth-order valence-corrected chi connectivity index (χ4v) is 4.52. The Balaban J connectivity index is 1.56. The van der Waals surface area contributed by atoms with E-state index in [0.717, 1.165) is 12.1 Å². The minimum Gasteiger partial charge on any atom is -0.388 e. The number of rotatable bonds is 4. The van der Waals surface area contributed by atoms with Crippen LogP contribution in [0.4, 0.5) is 4.39 Å². The van der Waals surface area contributed by atoms with Crippen molar-refractivity contribution >= 4 is 23.0 Å². The molecule has 1 aliphatic heterocycles. The zero-order chi connectivity index (χ0) is 19.9. The summed E-state index contributed by atoms with van der Waals surface area (Å²) < 4.78 is 21.5. The molecule has 1 saturated heterocycles. The van der Waals surface area contributed by atoms with E-state index in [1.807, 2.05) is 22.7 Å². The first-order valence-electron chi connectivity index (χ1n) is 9.85. The van der Waals surface area contributed by atoms with Crippen molar-refractivity contribution in [2.75, 3.05) is 19.8 Å². The van der Waals surface area contributed by atoms with E-state index < -0.39 is 11.3 Å². The molecule has 0 aromatic carbocycles. The van der Waals surface area contributed by atoms with Crippen LogP contribution < -0.4 is 5.32 Å². The lowest BCUT2D eigenvalue weighted by molar-refractivity contribution is -0.0374. The number of ether oxygens (including phenoxy) is 1. The lowest BCUT2D eigenvalue weighted by Gasteiger charge is -2.37. The predicted octanol–water partition coefficient (Wildman–Crippen LogP) is 3.86. The highest BCUT2D eigenvalue weighted by Gasteiger charge is 2.39. The zero-order valence-electron chi connectivity index (χ0n) is 16.0. The smallest absolute Gasteiger partial charge is 0.253 e. The van der Waals surface area contributed by atoms with Gasteiger partial charge >= 0.3 is 0 Å². The van der Waals surface area contributed by atoms with E-state index in [2.05, 4.69) is 5.32 Å².